The molecule has 4 rings (SSSR count). The lowest BCUT2D eigenvalue weighted by molar-refractivity contribution is 0.0531. The minimum absolute atomic E-state index is 0.0639. The third-order valence-corrected chi connectivity index (χ3v) is 8.12. The van der Waals surface area contributed by atoms with Crippen LogP contribution in [0.25, 0.3) is 10.2 Å². The molecule has 0 aliphatic carbocycles. The third-order valence-electron chi connectivity index (χ3n) is 5.98. The van der Waals surface area contributed by atoms with E-state index < -0.39 is 5.97 Å². The molecular formula is C28H28N2O6S2. The van der Waals surface area contributed by atoms with E-state index in [0.29, 0.717) is 55.8 Å². The molecule has 8 nitrogen and oxygen atoms in total. The van der Waals surface area contributed by atoms with E-state index in [2.05, 4.69) is 0 Å². The van der Waals surface area contributed by atoms with Crippen molar-refractivity contribution in [1.29, 1.82) is 0 Å². The number of Topliss-reactive ketones (excluding diaryl/α,β-unsaturated/α-hetero) is 1. The molecule has 0 fully saturated rings. The second-order valence-corrected chi connectivity index (χ2v) is 10.3. The Morgan fingerprint density at radius 2 is 1.79 bits per heavy atom. The molecule has 38 heavy (non-hydrogen) atoms. The lowest BCUT2D eigenvalue weighted by atomic mass is 10.1. The fourth-order valence-corrected chi connectivity index (χ4v) is 6.05. The summed E-state index contributed by atoms with van der Waals surface area (Å²) in [6, 6.07) is 14.6. The lowest BCUT2D eigenvalue weighted by Gasteiger charge is -2.13. The maximum atomic E-state index is 13.8. The number of thiophene rings is 1. The Morgan fingerprint density at radius 3 is 2.47 bits per heavy atom. The smallest absolute Gasteiger partial charge is 0.348 e. The summed E-state index contributed by atoms with van der Waals surface area (Å²) in [5.74, 6) is 0.797. The molecule has 0 N–H and O–H groups in total. The Balaban J connectivity index is 1.71. The van der Waals surface area contributed by atoms with Crippen molar-refractivity contribution in [1.82, 2.24) is 9.55 Å². The van der Waals surface area contributed by atoms with Crippen molar-refractivity contribution in [2.75, 3.05) is 26.6 Å². The highest BCUT2D eigenvalue weighted by atomic mass is 32.2. The Morgan fingerprint density at radius 1 is 1.05 bits per heavy atom. The molecule has 2 aromatic carbocycles. The standard InChI is InChI=1S/C28H28N2O6S2/c1-5-36-27(33)24-17(2)23-25(38-24)29-28(37-16-20(31)19-9-7-6-8-10-19)30(26(23)32)14-13-18-11-12-21(34-3)22(15-18)35-4/h6-12,15H,5,13-14,16H2,1-4H3. The van der Waals surface area contributed by atoms with E-state index in [1.54, 1.807) is 44.8 Å². The first-order valence-corrected chi connectivity index (χ1v) is 13.8. The Labute approximate surface area is 228 Å². The van der Waals surface area contributed by atoms with Crippen molar-refractivity contribution < 1.29 is 23.8 Å². The van der Waals surface area contributed by atoms with Crippen molar-refractivity contribution in [2.24, 2.45) is 0 Å². The topological polar surface area (TPSA) is 96.7 Å². The second kappa shape index (κ2) is 12.3. The predicted molar refractivity (Wildman–Crippen MR) is 149 cm³/mol. The fourth-order valence-electron chi connectivity index (χ4n) is 4.01. The van der Waals surface area contributed by atoms with Gasteiger partial charge in [-0.3, -0.25) is 14.2 Å². The number of nitrogens with zero attached hydrogens (tertiary/aromatic N) is 2. The number of thioether (sulfide) groups is 1. The van der Waals surface area contributed by atoms with Crippen LogP contribution in [0.15, 0.2) is 58.5 Å². The Hall–Kier alpha value is -3.63. The molecular weight excluding hydrogens is 524 g/mol. The predicted octanol–water partition coefficient (Wildman–Crippen LogP) is 5.18. The van der Waals surface area contributed by atoms with Gasteiger partial charge in [0.05, 0.1) is 32.0 Å². The van der Waals surface area contributed by atoms with Gasteiger partial charge in [0.15, 0.2) is 22.4 Å². The molecule has 0 spiro atoms. The van der Waals surface area contributed by atoms with Crippen molar-refractivity contribution in [2.45, 2.75) is 32.0 Å². The van der Waals surface area contributed by atoms with Gasteiger partial charge >= 0.3 is 5.97 Å². The van der Waals surface area contributed by atoms with Crippen LogP contribution in [0.1, 0.15) is 38.1 Å². The molecule has 0 amide bonds. The van der Waals surface area contributed by atoms with Crippen LogP contribution in [0, 0.1) is 6.92 Å². The van der Waals surface area contributed by atoms with E-state index in [4.69, 9.17) is 19.2 Å². The fraction of sp³-hybridized carbons (Fsp3) is 0.286. The van der Waals surface area contributed by atoms with Crippen LogP contribution >= 0.6 is 23.1 Å². The van der Waals surface area contributed by atoms with Gasteiger partial charge in [0.2, 0.25) is 0 Å². The van der Waals surface area contributed by atoms with Crippen LogP contribution in [-0.2, 0) is 17.7 Å². The molecule has 2 heterocycles. The highest BCUT2D eigenvalue weighted by Crippen LogP contribution is 2.31. The zero-order valence-electron chi connectivity index (χ0n) is 21.6. The van der Waals surface area contributed by atoms with Crippen LogP contribution in [0.5, 0.6) is 11.5 Å². The van der Waals surface area contributed by atoms with Crippen molar-refractivity contribution in [3.63, 3.8) is 0 Å². The zero-order valence-corrected chi connectivity index (χ0v) is 23.2. The number of rotatable bonds is 11. The van der Waals surface area contributed by atoms with Gasteiger partial charge in [-0.25, -0.2) is 9.78 Å². The molecule has 0 aliphatic rings. The molecule has 0 saturated heterocycles. The number of esters is 1. The number of aromatic nitrogens is 2. The van der Waals surface area contributed by atoms with Gasteiger partial charge in [-0.05, 0) is 43.5 Å². The summed E-state index contributed by atoms with van der Waals surface area (Å²) in [6.07, 6.45) is 0.515. The van der Waals surface area contributed by atoms with E-state index in [1.165, 1.54) is 11.8 Å². The average molecular weight is 553 g/mol. The van der Waals surface area contributed by atoms with Gasteiger partial charge < -0.3 is 14.2 Å². The number of ketones is 1. The highest BCUT2D eigenvalue weighted by Gasteiger charge is 2.23. The van der Waals surface area contributed by atoms with Gasteiger partial charge in [-0.15, -0.1) is 11.3 Å². The number of carbonyl (C=O) groups excluding carboxylic acids is 2. The van der Waals surface area contributed by atoms with Gasteiger partial charge in [-0.1, -0.05) is 48.2 Å². The van der Waals surface area contributed by atoms with Crippen LogP contribution in [-0.4, -0.2) is 47.9 Å². The molecule has 2 aromatic heterocycles. The molecule has 10 heteroatoms. The van der Waals surface area contributed by atoms with E-state index in [9.17, 15) is 14.4 Å². The summed E-state index contributed by atoms with van der Waals surface area (Å²) < 4.78 is 17.5. The number of carbonyl (C=O) groups is 2. The first kappa shape index (κ1) is 27.4. The zero-order chi connectivity index (χ0) is 27.2. The number of benzene rings is 2. The van der Waals surface area contributed by atoms with Gasteiger partial charge in [-0.2, -0.15) is 0 Å². The summed E-state index contributed by atoms with van der Waals surface area (Å²) in [7, 11) is 3.15. The monoisotopic (exact) mass is 552 g/mol. The number of hydrogen-bond acceptors (Lipinski definition) is 9. The van der Waals surface area contributed by atoms with E-state index in [0.717, 1.165) is 16.9 Å². The van der Waals surface area contributed by atoms with Crippen LogP contribution in [0.3, 0.4) is 0 Å². The number of aryl methyl sites for hydroxylation is 2. The first-order chi connectivity index (χ1) is 18.4. The summed E-state index contributed by atoms with van der Waals surface area (Å²) in [4.78, 5) is 44.6. The summed E-state index contributed by atoms with van der Waals surface area (Å²) in [5, 5.41) is 0.813. The number of hydrogen-bond donors (Lipinski definition) is 0. The van der Waals surface area contributed by atoms with E-state index >= 15 is 0 Å². The molecule has 0 radical (unpaired) electrons. The van der Waals surface area contributed by atoms with Crippen molar-refractivity contribution >= 4 is 45.1 Å². The maximum Gasteiger partial charge on any atom is 0.348 e. The minimum Gasteiger partial charge on any atom is -0.493 e. The van der Waals surface area contributed by atoms with Crippen LogP contribution in [0.4, 0.5) is 0 Å². The Bertz CT molecular complexity index is 1530. The van der Waals surface area contributed by atoms with Gasteiger partial charge in [0.1, 0.15) is 9.71 Å². The summed E-state index contributed by atoms with van der Waals surface area (Å²) in [6.45, 7) is 4.03. The minimum atomic E-state index is -0.474. The second-order valence-electron chi connectivity index (χ2n) is 8.33. The Kier molecular flexibility index (Phi) is 8.85. The molecule has 0 unspecified atom stereocenters. The van der Waals surface area contributed by atoms with Crippen molar-refractivity contribution in [3.05, 3.63) is 80.5 Å². The van der Waals surface area contributed by atoms with Gasteiger partial charge in [0.25, 0.3) is 5.56 Å². The number of ether oxygens (including phenoxy) is 3. The van der Waals surface area contributed by atoms with E-state index in [-0.39, 0.29) is 23.7 Å². The summed E-state index contributed by atoms with van der Waals surface area (Å²) >= 11 is 2.35. The third kappa shape index (κ3) is 5.76. The molecule has 0 atom stereocenters. The number of methoxy groups -OCH3 is 2. The normalized spacial score (nSPS) is 10.9. The maximum absolute atomic E-state index is 13.8. The molecule has 0 saturated carbocycles. The molecule has 0 aliphatic heterocycles. The summed E-state index contributed by atoms with van der Waals surface area (Å²) in [5.41, 5.74) is 1.84. The first-order valence-electron chi connectivity index (χ1n) is 12.0. The molecule has 4 aromatic rings. The average Bonchev–Trinajstić information content (AvgIpc) is 3.27. The van der Waals surface area contributed by atoms with Gasteiger partial charge in [0, 0.05) is 12.1 Å². The lowest BCUT2D eigenvalue weighted by Crippen LogP contribution is -2.24. The largest absolute Gasteiger partial charge is 0.493 e. The van der Waals surface area contributed by atoms with E-state index in [1.807, 2.05) is 36.4 Å². The van der Waals surface area contributed by atoms with Crippen LogP contribution in [0.2, 0.25) is 0 Å². The SMILES string of the molecule is CCOC(=O)c1sc2nc(SCC(=O)c3ccccc3)n(CCc3ccc(OC)c(OC)c3)c(=O)c2c1C. The quantitative estimate of drug-likeness (QED) is 0.109. The van der Waals surface area contributed by atoms with Crippen molar-refractivity contribution in [3.8, 4) is 11.5 Å². The van der Waals surface area contributed by atoms with Crippen LogP contribution < -0.4 is 15.0 Å². The number of fused-ring (bicyclic) bond motifs is 1. The molecule has 198 valence electrons. The highest BCUT2D eigenvalue weighted by molar-refractivity contribution is 7.99. The molecule has 0 bridgehead atoms.